The molecule has 1 aliphatic rings. The minimum atomic E-state index is -4.13. The van der Waals surface area contributed by atoms with Crippen molar-refractivity contribution < 1.29 is 17.9 Å². The predicted molar refractivity (Wildman–Crippen MR) is 59.1 cm³/mol. The summed E-state index contributed by atoms with van der Waals surface area (Å²) in [7, 11) is 0. The maximum absolute atomic E-state index is 12.2. The van der Waals surface area contributed by atoms with Crippen molar-refractivity contribution in [3.63, 3.8) is 0 Å². The van der Waals surface area contributed by atoms with Gasteiger partial charge in [-0.1, -0.05) is 6.92 Å². The lowest BCUT2D eigenvalue weighted by Crippen LogP contribution is -2.45. The second kappa shape index (κ2) is 5.54. The van der Waals surface area contributed by atoms with E-state index in [4.69, 9.17) is 10.6 Å². The van der Waals surface area contributed by atoms with Gasteiger partial charge in [0.15, 0.2) is 0 Å². The van der Waals surface area contributed by atoms with Gasteiger partial charge in [0.05, 0.1) is 12.2 Å². The number of ether oxygens (including phenoxy) is 1. The van der Waals surface area contributed by atoms with E-state index in [-0.39, 0.29) is 36.5 Å². The zero-order valence-electron chi connectivity index (χ0n) is 10.4. The van der Waals surface area contributed by atoms with Crippen LogP contribution in [0.1, 0.15) is 33.6 Å². The third kappa shape index (κ3) is 3.82. The highest BCUT2D eigenvalue weighted by Crippen LogP contribution is 2.36. The van der Waals surface area contributed by atoms with Gasteiger partial charge in [0.1, 0.15) is 0 Å². The molecule has 1 heterocycles. The lowest BCUT2D eigenvalue weighted by Gasteiger charge is -2.28. The molecule has 6 heteroatoms. The first kappa shape index (κ1) is 14.7. The van der Waals surface area contributed by atoms with Gasteiger partial charge in [-0.15, -0.1) is 0 Å². The summed E-state index contributed by atoms with van der Waals surface area (Å²) < 4.78 is 42.3. The van der Waals surface area contributed by atoms with Crippen LogP contribution in [0.5, 0.6) is 0 Å². The first-order valence-corrected chi connectivity index (χ1v) is 5.94. The van der Waals surface area contributed by atoms with Crippen LogP contribution in [0.4, 0.5) is 13.2 Å². The number of nitrogens with two attached hydrogens (primary N) is 1. The quantitative estimate of drug-likeness (QED) is 0.597. The van der Waals surface area contributed by atoms with Gasteiger partial charge in [-0.05, 0) is 26.2 Å². The largest absolute Gasteiger partial charge is 0.389 e. The van der Waals surface area contributed by atoms with Crippen molar-refractivity contribution in [3.8, 4) is 0 Å². The van der Waals surface area contributed by atoms with Crippen LogP contribution in [-0.2, 0) is 4.74 Å². The molecule has 102 valence electrons. The number of nitrogens with one attached hydrogen (secondary N) is 1. The van der Waals surface area contributed by atoms with Crippen LogP contribution in [0.25, 0.3) is 0 Å². The summed E-state index contributed by atoms with van der Waals surface area (Å²) >= 11 is 0. The molecule has 0 spiro atoms. The second-order valence-corrected chi connectivity index (χ2v) is 4.91. The van der Waals surface area contributed by atoms with Gasteiger partial charge in [0, 0.05) is 18.4 Å². The maximum Gasteiger partial charge on any atom is 0.389 e. The van der Waals surface area contributed by atoms with Crippen LogP contribution in [0.15, 0.2) is 0 Å². The fourth-order valence-electron chi connectivity index (χ4n) is 2.69. The molecule has 1 rings (SSSR count). The van der Waals surface area contributed by atoms with Gasteiger partial charge in [0.2, 0.25) is 0 Å². The van der Waals surface area contributed by atoms with Crippen molar-refractivity contribution in [2.45, 2.75) is 58.0 Å². The average molecular weight is 254 g/mol. The van der Waals surface area contributed by atoms with Crippen molar-refractivity contribution in [3.05, 3.63) is 0 Å². The van der Waals surface area contributed by atoms with E-state index in [1.165, 1.54) is 0 Å². The Hall–Kier alpha value is -0.330. The van der Waals surface area contributed by atoms with Crippen LogP contribution < -0.4 is 11.3 Å². The van der Waals surface area contributed by atoms with Gasteiger partial charge >= 0.3 is 6.18 Å². The highest BCUT2D eigenvalue weighted by molar-refractivity contribution is 4.91. The monoisotopic (exact) mass is 254 g/mol. The van der Waals surface area contributed by atoms with Crippen LogP contribution in [0, 0.1) is 11.8 Å². The van der Waals surface area contributed by atoms with E-state index in [9.17, 15) is 13.2 Å². The van der Waals surface area contributed by atoms with Crippen LogP contribution in [0.2, 0.25) is 0 Å². The fraction of sp³-hybridized carbons (Fsp3) is 1.00. The third-order valence-corrected chi connectivity index (χ3v) is 3.74. The van der Waals surface area contributed by atoms with Crippen molar-refractivity contribution >= 4 is 0 Å². The molecule has 3 N–H and O–H groups in total. The predicted octanol–water partition coefficient (Wildman–Crippen LogP) is 2.22. The summed E-state index contributed by atoms with van der Waals surface area (Å²) in [6, 6.07) is -0.355. The lowest BCUT2D eigenvalue weighted by molar-refractivity contribution is -0.137. The van der Waals surface area contributed by atoms with Gasteiger partial charge in [-0.2, -0.15) is 13.2 Å². The molecule has 0 aromatic carbocycles. The number of hydrazine groups is 1. The number of hydrogen-bond donors (Lipinski definition) is 2. The third-order valence-electron chi connectivity index (χ3n) is 3.74. The number of alkyl halides is 3. The molecule has 5 atom stereocenters. The SMILES string of the molecule is CC1OC(C)C(C(CCC(F)(F)F)NN)C1C. The molecule has 0 aromatic heterocycles. The Bertz CT molecular complexity index is 247. The molecule has 0 aliphatic carbocycles. The molecular weight excluding hydrogens is 233 g/mol. The molecule has 3 nitrogen and oxygen atoms in total. The number of hydrogen-bond acceptors (Lipinski definition) is 3. The fourth-order valence-corrected chi connectivity index (χ4v) is 2.69. The second-order valence-electron chi connectivity index (χ2n) is 4.91. The van der Waals surface area contributed by atoms with E-state index in [1.807, 2.05) is 20.8 Å². The number of halogens is 3. The Morgan fingerprint density at radius 2 is 1.82 bits per heavy atom. The van der Waals surface area contributed by atoms with E-state index in [0.29, 0.717) is 0 Å². The summed E-state index contributed by atoms with van der Waals surface area (Å²) in [5, 5.41) is 0. The van der Waals surface area contributed by atoms with Crippen molar-refractivity contribution in [1.82, 2.24) is 5.43 Å². The maximum atomic E-state index is 12.2. The minimum Gasteiger partial charge on any atom is -0.375 e. The summed E-state index contributed by atoms with van der Waals surface area (Å²) in [6.07, 6.45) is -4.94. The Labute approximate surface area is 99.9 Å². The first-order valence-electron chi connectivity index (χ1n) is 5.94. The topological polar surface area (TPSA) is 47.3 Å². The Balaban J connectivity index is 2.61. The van der Waals surface area contributed by atoms with Crippen LogP contribution in [0.3, 0.4) is 0 Å². The normalized spacial score (nSPS) is 36.2. The molecule has 1 fully saturated rings. The number of rotatable bonds is 4. The Morgan fingerprint density at radius 1 is 1.24 bits per heavy atom. The molecule has 0 bridgehead atoms. The molecule has 0 amide bonds. The minimum absolute atomic E-state index is 0.00454. The molecular formula is C11H21F3N2O. The van der Waals surface area contributed by atoms with Crippen LogP contribution >= 0.6 is 0 Å². The van der Waals surface area contributed by atoms with E-state index in [2.05, 4.69) is 5.43 Å². The molecule has 0 aromatic rings. The highest BCUT2D eigenvalue weighted by atomic mass is 19.4. The summed E-state index contributed by atoms with van der Waals surface area (Å²) in [6.45, 7) is 5.83. The van der Waals surface area contributed by atoms with Crippen molar-refractivity contribution in [1.29, 1.82) is 0 Å². The molecule has 0 radical (unpaired) electrons. The molecule has 5 unspecified atom stereocenters. The van der Waals surface area contributed by atoms with Gasteiger partial charge in [-0.25, -0.2) is 0 Å². The van der Waals surface area contributed by atoms with E-state index in [0.717, 1.165) is 0 Å². The summed E-state index contributed by atoms with van der Waals surface area (Å²) in [5.74, 6) is 5.61. The zero-order chi connectivity index (χ0) is 13.2. The van der Waals surface area contributed by atoms with Crippen LogP contribution in [-0.4, -0.2) is 24.4 Å². The van der Waals surface area contributed by atoms with Crippen molar-refractivity contribution in [2.75, 3.05) is 0 Å². The van der Waals surface area contributed by atoms with Crippen molar-refractivity contribution in [2.24, 2.45) is 17.7 Å². The van der Waals surface area contributed by atoms with Gasteiger partial charge in [0.25, 0.3) is 0 Å². The van der Waals surface area contributed by atoms with E-state index in [1.54, 1.807) is 0 Å². The summed E-state index contributed by atoms with van der Waals surface area (Å²) in [4.78, 5) is 0. The molecule has 0 saturated carbocycles. The highest BCUT2D eigenvalue weighted by Gasteiger charge is 2.42. The zero-order valence-corrected chi connectivity index (χ0v) is 10.4. The molecule has 17 heavy (non-hydrogen) atoms. The van der Waals surface area contributed by atoms with Gasteiger partial charge in [-0.3, -0.25) is 11.3 Å². The Morgan fingerprint density at radius 3 is 2.18 bits per heavy atom. The smallest absolute Gasteiger partial charge is 0.375 e. The van der Waals surface area contributed by atoms with E-state index >= 15 is 0 Å². The standard InChI is InChI=1S/C11H21F3N2O/c1-6-7(2)17-8(3)10(6)9(16-15)4-5-11(12,13)14/h6-10,16H,4-5,15H2,1-3H3. The Kier molecular flexibility index (Phi) is 4.80. The van der Waals surface area contributed by atoms with E-state index < -0.39 is 12.6 Å². The average Bonchev–Trinajstić information content (AvgIpc) is 2.43. The molecule has 1 saturated heterocycles. The summed E-state index contributed by atoms with van der Waals surface area (Å²) in [5.41, 5.74) is 2.52. The lowest BCUT2D eigenvalue weighted by atomic mass is 9.82. The first-order chi connectivity index (χ1) is 7.76. The molecule has 1 aliphatic heterocycles. The van der Waals surface area contributed by atoms with Gasteiger partial charge < -0.3 is 4.74 Å².